The molecule has 0 radical (unpaired) electrons. The Labute approximate surface area is 210 Å². The van der Waals surface area contributed by atoms with Crippen LogP contribution in [0.4, 0.5) is 17.8 Å². The lowest BCUT2D eigenvalue weighted by atomic mass is 10.0. The standard InChI is InChI=1S/C23H33ClN8O3/c1-25-21-29-22(28-18(8-11-33)16-6-2-3-7-17(16)24)31-23(30-21)32-10-9-26-19(13-32)20(34)27-15-5-4-12-35-14-15/h2-3,6-7,15,18-19,26,33H,4-5,8-14H2,1H3,(H,27,34)(H2,25,28,29,30,31). The third-order valence-electron chi connectivity index (χ3n) is 6.13. The highest BCUT2D eigenvalue weighted by Crippen LogP contribution is 2.28. The molecule has 1 aromatic heterocycles. The van der Waals surface area contributed by atoms with Crippen molar-refractivity contribution in [3.05, 3.63) is 34.9 Å². The Morgan fingerprint density at radius 2 is 2.14 bits per heavy atom. The number of benzene rings is 1. The van der Waals surface area contributed by atoms with Gasteiger partial charge in [-0.1, -0.05) is 29.8 Å². The van der Waals surface area contributed by atoms with E-state index in [9.17, 15) is 9.90 Å². The number of carbonyl (C=O) groups is 1. The predicted octanol–water partition coefficient (Wildman–Crippen LogP) is 1.18. The molecule has 0 aliphatic carbocycles. The molecule has 3 atom stereocenters. The van der Waals surface area contributed by atoms with E-state index < -0.39 is 0 Å². The van der Waals surface area contributed by atoms with Crippen LogP contribution in [0.15, 0.2) is 24.3 Å². The van der Waals surface area contributed by atoms with Crippen LogP contribution in [0.25, 0.3) is 0 Å². The number of halogens is 1. The van der Waals surface area contributed by atoms with Gasteiger partial charge in [0.1, 0.15) is 6.04 Å². The summed E-state index contributed by atoms with van der Waals surface area (Å²) in [5, 5.41) is 22.9. The van der Waals surface area contributed by atoms with Crippen molar-refractivity contribution in [1.29, 1.82) is 0 Å². The summed E-state index contributed by atoms with van der Waals surface area (Å²) in [4.78, 5) is 28.5. The van der Waals surface area contributed by atoms with Crippen molar-refractivity contribution >= 4 is 35.4 Å². The molecule has 0 bridgehead atoms. The lowest BCUT2D eigenvalue weighted by Crippen LogP contribution is -2.59. The zero-order valence-corrected chi connectivity index (χ0v) is 20.6. The first-order valence-electron chi connectivity index (χ1n) is 12.0. The molecule has 35 heavy (non-hydrogen) atoms. The first-order chi connectivity index (χ1) is 17.1. The second-order valence-corrected chi connectivity index (χ2v) is 9.05. The summed E-state index contributed by atoms with van der Waals surface area (Å²) in [5.74, 6) is 1.18. The molecular weight excluding hydrogens is 472 g/mol. The van der Waals surface area contributed by atoms with Crippen molar-refractivity contribution in [2.24, 2.45) is 0 Å². The minimum absolute atomic E-state index is 0.0274. The first kappa shape index (κ1) is 25.4. The number of aliphatic hydroxyl groups is 1. The van der Waals surface area contributed by atoms with E-state index in [-0.39, 0.29) is 30.6 Å². The van der Waals surface area contributed by atoms with Gasteiger partial charge in [-0.25, -0.2) is 0 Å². The second kappa shape index (κ2) is 12.3. The number of nitrogens with zero attached hydrogens (tertiary/aromatic N) is 4. The summed E-state index contributed by atoms with van der Waals surface area (Å²) in [6, 6.07) is 6.86. The summed E-state index contributed by atoms with van der Waals surface area (Å²) >= 11 is 6.40. The number of hydrogen-bond donors (Lipinski definition) is 5. The van der Waals surface area contributed by atoms with Crippen LogP contribution in [0.3, 0.4) is 0 Å². The summed E-state index contributed by atoms with van der Waals surface area (Å²) in [7, 11) is 1.74. The van der Waals surface area contributed by atoms with Gasteiger partial charge in [-0.15, -0.1) is 0 Å². The summed E-state index contributed by atoms with van der Waals surface area (Å²) in [6.07, 6.45) is 2.31. The van der Waals surface area contributed by atoms with Gasteiger partial charge < -0.3 is 36.0 Å². The highest BCUT2D eigenvalue weighted by atomic mass is 35.5. The van der Waals surface area contributed by atoms with E-state index in [2.05, 4.69) is 36.2 Å². The Bertz CT molecular complexity index is 991. The van der Waals surface area contributed by atoms with E-state index in [1.807, 2.05) is 29.2 Å². The van der Waals surface area contributed by atoms with E-state index in [0.717, 1.165) is 25.0 Å². The van der Waals surface area contributed by atoms with Crippen LogP contribution >= 0.6 is 11.6 Å². The number of nitrogens with one attached hydrogen (secondary N) is 4. The first-order valence-corrected chi connectivity index (χ1v) is 12.4. The SMILES string of the molecule is CNc1nc(NC(CCO)c2ccccc2Cl)nc(N2CCNC(C(=O)NC3CCCOC3)C2)n1. The summed E-state index contributed by atoms with van der Waals surface area (Å²) < 4.78 is 5.48. The number of carbonyl (C=O) groups excluding carboxylic acids is 1. The van der Waals surface area contributed by atoms with E-state index in [1.165, 1.54) is 0 Å². The number of hydrogen-bond acceptors (Lipinski definition) is 10. The zero-order valence-electron chi connectivity index (χ0n) is 19.8. The number of ether oxygens (including phenoxy) is 1. The topological polar surface area (TPSA) is 137 Å². The highest BCUT2D eigenvalue weighted by molar-refractivity contribution is 6.31. The minimum atomic E-state index is -0.387. The lowest BCUT2D eigenvalue weighted by molar-refractivity contribution is -0.124. The molecule has 2 saturated heterocycles. The van der Waals surface area contributed by atoms with Crippen molar-refractivity contribution in [2.45, 2.75) is 37.4 Å². The van der Waals surface area contributed by atoms with E-state index in [1.54, 1.807) is 7.05 Å². The summed E-state index contributed by atoms with van der Waals surface area (Å²) in [5.41, 5.74) is 0.849. The average Bonchev–Trinajstić information content (AvgIpc) is 2.89. The van der Waals surface area contributed by atoms with Gasteiger partial charge in [0.05, 0.1) is 18.7 Å². The van der Waals surface area contributed by atoms with Crippen LogP contribution in [-0.4, -0.2) is 84.6 Å². The molecule has 2 aliphatic rings. The quantitative estimate of drug-likeness (QED) is 0.338. The molecule has 4 rings (SSSR count). The largest absolute Gasteiger partial charge is 0.396 e. The molecule has 3 heterocycles. The molecule has 0 saturated carbocycles. The summed E-state index contributed by atoms with van der Waals surface area (Å²) in [6.45, 7) is 2.97. The molecule has 2 fully saturated rings. The monoisotopic (exact) mass is 504 g/mol. The van der Waals surface area contributed by atoms with Gasteiger partial charge in [-0.3, -0.25) is 4.79 Å². The van der Waals surface area contributed by atoms with Gasteiger partial charge in [0.15, 0.2) is 0 Å². The number of amides is 1. The van der Waals surface area contributed by atoms with Crippen LogP contribution < -0.4 is 26.2 Å². The Kier molecular flexibility index (Phi) is 8.91. The Morgan fingerprint density at radius 3 is 2.89 bits per heavy atom. The van der Waals surface area contributed by atoms with Gasteiger partial charge in [-0.05, 0) is 30.9 Å². The van der Waals surface area contributed by atoms with Crippen molar-refractivity contribution in [3.63, 3.8) is 0 Å². The lowest BCUT2D eigenvalue weighted by Gasteiger charge is -2.34. The molecule has 2 aromatic rings. The molecule has 3 unspecified atom stereocenters. The van der Waals surface area contributed by atoms with Crippen LogP contribution in [0.2, 0.25) is 5.02 Å². The van der Waals surface area contributed by atoms with E-state index in [0.29, 0.717) is 55.5 Å². The van der Waals surface area contributed by atoms with Gasteiger partial charge in [0.2, 0.25) is 23.8 Å². The zero-order chi connectivity index (χ0) is 24.6. The fraction of sp³-hybridized carbons (Fsp3) is 0.565. The molecule has 12 heteroatoms. The number of aromatic nitrogens is 3. The minimum Gasteiger partial charge on any atom is -0.396 e. The van der Waals surface area contributed by atoms with Crippen molar-refractivity contribution in [3.8, 4) is 0 Å². The second-order valence-electron chi connectivity index (χ2n) is 8.64. The Hall–Kier alpha value is -2.73. The highest BCUT2D eigenvalue weighted by Gasteiger charge is 2.29. The van der Waals surface area contributed by atoms with Gasteiger partial charge >= 0.3 is 0 Å². The van der Waals surface area contributed by atoms with Crippen LogP contribution in [-0.2, 0) is 9.53 Å². The maximum Gasteiger partial charge on any atom is 0.239 e. The van der Waals surface area contributed by atoms with Crippen LogP contribution in [0.1, 0.15) is 30.9 Å². The van der Waals surface area contributed by atoms with Gasteiger partial charge in [0.25, 0.3) is 0 Å². The molecule has 0 spiro atoms. The maximum atomic E-state index is 12.9. The fourth-order valence-electron chi connectivity index (χ4n) is 4.29. The molecule has 190 valence electrons. The number of aliphatic hydroxyl groups excluding tert-OH is 1. The number of rotatable bonds is 9. The molecular formula is C23H33ClN8O3. The smallest absolute Gasteiger partial charge is 0.239 e. The molecule has 5 N–H and O–H groups in total. The van der Waals surface area contributed by atoms with Crippen molar-refractivity contribution in [1.82, 2.24) is 25.6 Å². The van der Waals surface area contributed by atoms with E-state index >= 15 is 0 Å². The third-order valence-corrected chi connectivity index (χ3v) is 6.47. The van der Waals surface area contributed by atoms with Gasteiger partial charge in [-0.2, -0.15) is 15.0 Å². The maximum absolute atomic E-state index is 12.9. The van der Waals surface area contributed by atoms with E-state index in [4.69, 9.17) is 16.3 Å². The molecule has 11 nitrogen and oxygen atoms in total. The van der Waals surface area contributed by atoms with Crippen molar-refractivity contribution < 1.29 is 14.6 Å². The normalized spacial score (nSPS) is 21.3. The number of anilines is 3. The van der Waals surface area contributed by atoms with Gasteiger partial charge in [0, 0.05) is 44.9 Å². The van der Waals surface area contributed by atoms with Crippen LogP contribution in [0.5, 0.6) is 0 Å². The third kappa shape index (κ3) is 6.69. The molecule has 1 amide bonds. The van der Waals surface area contributed by atoms with Crippen LogP contribution in [0, 0.1) is 0 Å². The Balaban J connectivity index is 1.49. The Morgan fingerprint density at radius 1 is 1.31 bits per heavy atom. The fourth-order valence-corrected chi connectivity index (χ4v) is 4.56. The number of piperazine rings is 1. The predicted molar refractivity (Wildman–Crippen MR) is 135 cm³/mol. The van der Waals surface area contributed by atoms with Crippen molar-refractivity contribution in [2.75, 3.05) is 62.0 Å². The molecule has 1 aromatic carbocycles. The molecule has 2 aliphatic heterocycles. The average molecular weight is 505 g/mol.